The molecule has 0 saturated heterocycles. The van der Waals surface area contributed by atoms with E-state index in [2.05, 4.69) is 9.98 Å². The van der Waals surface area contributed by atoms with E-state index in [1.165, 1.54) is 18.2 Å². The van der Waals surface area contributed by atoms with Gasteiger partial charge in [0, 0.05) is 6.20 Å². The fourth-order valence-corrected chi connectivity index (χ4v) is 2.20. The van der Waals surface area contributed by atoms with E-state index in [0.717, 1.165) is 5.56 Å². The molecule has 24 heavy (non-hydrogen) atoms. The Morgan fingerprint density at radius 1 is 1.25 bits per heavy atom. The number of halogens is 2. The van der Waals surface area contributed by atoms with E-state index < -0.39 is 10.1 Å². The summed E-state index contributed by atoms with van der Waals surface area (Å²) in [6.07, 6.45) is 1.68. The van der Waals surface area contributed by atoms with Crippen LogP contribution in [0.1, 0.15) is 18.2 Å². The summed E-state index contributed by atoms with van der Waals surface area (Å²) < 4.78 is 32.9. The van der Waals surface area contributed by atoms with Gasteiger partial charge in [-0.1, -0.05) is 6.07 Å². The summed E-state index contributed by atoms with van der Waals surface area (Å²) in [6.45, 7) is 3.73. The van der Waals surface area contributed by atoms with Gasteiger partial charge in [0.15, 0.2) is 0 Å². The summed E-state index contributed by atoms with van der Waals surface area (Å²) in [5.74, 6) is 0. The molecular formula is C14H13Cl2N2NaO3PdS. The monoisotopic (exact) mass is 488 g/mol. The first-order valence-corrected chi connectivity index (χ1v) is 11.6. The van der Waals surface area contributed by atoms with E-state index in [1.807, 2.05) is 19.1 Å². The minimum absolute atomic E-state index is 0. The molecule has 0 N–H and O–H groups in total. The normalized spacial score (nSPS) is 11.3. The van der Waals surface area contributed by atoms with Crippen molar-refractivity contribution in [3.8, 4) is 0 Å². The molecule has 2 rings (SSSR count). The molecule has 0 bridgehead atoms. The van der Waals surface area contributed by atoms with Crippen molar-refractivity contribution in [2.75, 3.05) is 0 Å². The van der Waals surface area contributed by atoms with Gasteiger partial charge in [0.1, 0.15) is 10.1 Å². The molecule has 0 unspecified atom stereocenters. The van der Waals surface area contributed by atoms with Crippen molar-refractivity contribution < 1.29 is 58.5 Å². The smallest absolute Gasteiger partial charge is 1.00 e. The Morgan fingerprint density at radius 3 is 2.42 bits per heavy atom. The van der Waals surface area contributed by atoms with Crippen LogP contribution in [-0.4, -0.2) is 23.7 Å². The van der Waals surface area contributed by atoms with Crippen LogP contribution in [0, 0.1) is 6.92 Å². The van der Waals surface area contributed by atoms with Crippen LogP contribution >= 0.6 is 19.1 Å². The van der Waals surface area contributed by atoms with E-state index in [9.17, 15) is 13.0 Å². The van der Waals surface area contributed by atoms with Crippen molar-refractivity contribution >= 4 is 40.6 Å². The van der Waals surface area contributed by atoms with Gasteiger partial charge in [0.25, 0.3) is 0 Å². The van der Waals surface area contributed by atoms with Gasteiger partial charge < -0.3 is 4.55 Å². The number of hydrogen-bond donors (Lipinski definition) is 0. The van der Waals surface area contributed by atoms with Gasteiger partial charge in [-0.2, -0.15) is 0 Å². The first-order valence-electron chi connectivity index (χ1n) is 6.14. The first-order chi connectivity index (χ1) is 10.8. The molecule has 0 aliphatic carbocycles. The Morgan fingerprint density at radius 2 is 1.88 bits per heavy atom. The van der Waals surface area contributed by atoms with Gasteiger partial charge in [-0.25, -0.2) is 8.42 Å². The quantitative estimate of drug-likeness (QED) is 0.363. The van der Waals surface area contributed by atoms with Crippen LogP contribution in [0.2, 0.25) is 0 Å². The number of aliphatic imine (C=N–C) groups is 1. The van der Waals surface area contributed by atoms with Crippen molar-refractivity contribution in [2.24, 2.45) is 4.99 Å². The topological polar surface area (TPSA) is 82.5 Å². The predicted molar refractivity (Wildman–Crippen MR) is 87.0 cm³/mol. The Kier molecular flexibility index (Phi) is 11.8. The molecule has 1 aromatic carbocycles. The second kappa shape index (κ2) is 11.7. The molecule has 1 aromatic heterocycles. The van der Waals surface area contributed by atoms with Crippen LogP contribution < -0.4 is 29.6 Å². The Balaban J connectivity index is 0.00000123. The summed E-state index contributed by atoms with van der Waals surface area (Å²) in [5.41, 5.74) is 2.82. The molecule has 0 amide bonds. The molecule has 0 radical (unpaired) electrons. The van der Waals surface area contributed by atoms with Crippen molar-refractivity contribution in [1.29, 1.82) is 0 Å². The van der Waals surface area contributed by atoms with Gasteiger partial charge >= 0.3 is 64.6 Å². The summed E-state index contributed by atoms with van der Waals surface area (Å²) in [5, 5.41) is 0. The number of benzene rings is 1. The van der Waals surface area contributed by atoms with E-state index in [1.54, 1.807) is 19.2 Å². The number of aryl methyl sites for hydroxylation is 1. The van der Waals surface area contributed by atoms with Gasteiger partial charge in [-0.15, -0.1) is 0 Å². The van der Waals surface area contributed by atoms with Crippen LogP contribution in [0.5, 0.6) is 0 Å². The Bertz CT molecular complexity index is 804. The second-order valence-electron chi connectivity index (χ2n) is 4.41. The minimum Gasteiger partial charge on any atom is 1.00 e. The zero-order chi connectivity index (χ0) is 17.5. The molecule has 0 aliphatic rings. The SMILES string of the molecule is CC(=Nc1cccc(S(=O)(=O)[O-])c1)c1cc(C)ccn1.[Cl][Pd][Cl].[Na+]. The van der Waals surface area contributed by atoms with E-state index in [0.29, 0.717) is 17.1 Å². The summed E-state index contributed by atoms with van der Waals surface area (Å²) in [4.78, 5) is 8.20. The molecular weight excluding hydrogens is 477 g/mol. The van der Waals surface area contributed by atoms with Crippen molar-refractivity contribution in [1.82, 2.24) is 4.98 Å². The molecule has 2 aromatic rings. The average molecular weight is 490 g/mol. The van der Waals surface area contributed by atoms with Crippen LogP contribution in [-0.2, 0) is 26.1 Å². The molecule has 5 nitrogen and oxygen atoms in total. The van der Waals surface area contributed by atoms with Gasteiger partial charge in [-0.3, -0.25) is 9.98 Å². The fraction of sp³-hybridized carbons (Fsp3) is 0.143. The maximum Gasteiger partial charge on any atom is 1.00 e. The van der Waals surface area contributed by atoms with Gasteiger partial charge in [0.2, 0.25) is 0 Å². The summed E-state index contributed by atoms with van der Waals surface area (Å²) in [6, 6.07) is 9.38. The zero-order valence-electron chi connectivity index (χ0n) is 13.1. The third-order valence-electron chi connectivity index (χ3n) is 2.69. The number of rotatable bonds is 3. The first kappa shape index (κ1) is 24.2. The largest absolute Gasteiger partial charge is 1.00 e. The minimum atomic E-state index is -4.47. The van der Waals surface area contributed by atoms with Crippen LogP contribution in [0.3, 0.4) is 0 Å². The number of pyridine rings is 1. The molecule has 0 fully saturated rings. The molecule has 10 heteroatoms. The van der Waals surface area contributed by atoms with E-state index in [-0.39, 0.29) is 50.4 Å². The molecule has 0 saturated carbocycles. The molecule has 0 aliphatic heterocycles. The van der Waals surface area contributed by atoms with Crippen molar-refractivity contribution in [3.63, 3.8) is 0 Å². The Hall–Kier alpha value is 0.192. The zero-order valence-corrected chi connectivity index (χ0v) is 19.0. The molecule has 0 spiro atoms. The second-order valence-corrected chi connectivity index (χ2v) is 8.15. The number of nitrogens with zero attached hydrogens (tertiary/aromatic N) is 2. The van der Waals surface area contributed by atoms with Crippen LogP contribution in [0.4, 0.5) is 5.69 Å². The fourth-order valence-electron chi connectivity index (χ4n) is 1.69. The van der Waals surface area contributed by atoms with Crippen LogP contribution in [0.25, 0.3) is 0 Å². The molecule has 0 atom stereocenters. The van der Waals surface area contributed by atoms with Gasteiger partial charge in [0.05, 0.1) is 22.0 Å². The average Bonchev–Trinajstić information content (AvgIpc) is 2.47. The predicted octanol–water partition coefficient (Wildman–Crippen LogP) is 0.815. The van der Waals surface area contributed by atoms with E-state index >= 15 is 0 Å². The Labute approximate surface area is 180 Å². The maximum absolute atomic E-state index is 11.0. The van der Waals surface area contributed by atoms with E-state index in [4.69, 9.17) is 19.1 Å². The van der Waals surface area contributed by atoms with Crippen molar-refractivity contribution in [2.45, 2.75) is 18.7 Å². The number of hydrogen-bond acceptors (Lipinski definition) is 5. The molecule has 1 heterocycles. The maximum atomic E-state index is 11.0. The third-order valence-corrected chi connectivity index (χ3v) is 3.52. The van der Waals surface area contributed by atoms with Gasteiger partial charge in [-0.05, 0) is 49.7 Å². The van der Waals surface area contributed by atoms with Crippen molar-refractivity contribution in [3.05, 3.63) is 53.9 Å². The summed E-state index contributed by atoms with van der Waals surface area (Å²) in [7, 11) is 5.16. The third kappa shape index (κ3) is 8.53. The number of aromatic nitrogens is 1. The summed E-state index contributed by atoms with van der Waals surface area (Å²) >= 11 is -0.106. The molecule has 128 valence electrons. The van der Waals surface area contributed by atoms with Crippen LogP contribution in [0.15, 0.2) is 52.5 Å². The standard InChI is InChI=1S/C14H14N2O3S.2ClH.Na.Pd/c1-10-6-7-15-14(8-10)11(2)16-12-4-3-5-13(9-12)20(17,18)19;;;;/h3-9H,1-2H3,(H,17,18,19);2*1H;;/q;;;+1;+2/p-3.